The van der Waals surface area contributed by atoms with Gasteiger partial charge in [-0.25, -0.2) is 0 Å². The van der Waals surface area contributed by atoms with Gasteiger partial charge in [0.05, 0.1) is 11.1 Å². The van der Waals surface area contributed by atoms with E-state index < -0.39 is 0 Å². The van der Waals surface area contributed by atoms with Gasteiger partial charge in [0.2, 0.25) is 0 Å². The van der Waals surface area contributed by atoms with Gasteiger partial charge in [0.15, 0.2) is 0 Å². The van der Waals surface area contributed by atoms with Crippen LogP contribution in [0.15, 0.2) is 18.2 Å². The van der Waals surface area contributed by atoms with Crippen molar-refractivity contribution in [1.82, 2.24) is 10.2 Å². The summed E-state index contributed by atoms with van der Waals surface area (Å²) in [5, 5.41) is 3.08. The van der Waals surface area contributed by atoms with Gasteiger partial charge in [0, 0.05) is 18.2 Å². The van der Waals surface area contributed by atoms with Crippen LogP contribution >= 0.6 is 0 Å². The molecule has 1 saturated carbocycles. The van der Waals surface area contributed by atoms with E-state index >= 15 is 0 Å². The fourth-order valence-corrected chi connectivity index (χ4v) is 3.79. The number of hydrogen-bond donors (Lipinski definition) is 1. The number of imide groups is 1. The molecule has 3 rings (SSSR count). The van der Waals surface area contributed by atoms with Crippen LogP contribution in [-0.4, -0.2) is 35.2 Å². The zero-order chi connectivity index (χ0) is 18.0. The minimum atomic E-state index is -0.283. The first-order chi connectivity index (χ1) is 12.0. The SMILES string of the molecule is CCCCN1C(=O)c2ccc(C(=O)NC3CCCC(C)C3)cc2C1=O. The van der Waals surface area contributed by atoms with E-state index in [-0.39, 0.29) is 23.8 Å². The lowest BCUT2D eigenvalue weighted by molar-refractivity contribution is 0.0652. The van der Waals surface area contributed by atoms with E-state index in [4.69, 9.17) is 0 Å². The highest BCUT2D eigenvalue weighted by atomic mass is 16.2. The summed E-state index contributed by atoms with van der Waals surface area (Å²) in [4.78, 5) is 38.7. The molecule has 0 saturated heterocycles. The van der Waals surface area contributed by atoms with E-state index in [1.54, 1.807) is 18.2 Å². The second-order valence-corrected chi connectivity index (χ2v) is 7.32. The van der Waals surface area contributed by atoms with Crippen LogP contribution in [0.4, 0.5) is 0 Å². The lowest BCUT2D eigenvalue weighted by Crippen LogP contribution is -2.38. The average molecular weight is 342 g/mol. The summed E-state index contributed by atoms with van der Waals surface area (Å²) in [5.41, 5.74) is 1.21. The lowest BCUT2D eigenvalue weighted by atomic mass is 9.87. The summed E-state index contributed by atoms with van der Waals surface area (Å²) >= 11 is 0. The summed E-state index contributed by atoms with van der Waals surface area (Å²) in [6.45, 7) is 4.67. The van der Waals surface area contributed by atoms with Crippen LogP contribution in [0.1, 0.15) is 83.4 Å². The van der Waals surface area contributed by atoms with Gasteiger partial charge in [-0.3, -0.25) is 19.3 Å². The van der Waals surface area contributed by atoms with Gasteiger partial charge in [0.25, 0.3) is 17.7 Å². The normalized spacial score (nSPS) is 22.9. The number of carbonyl (C=O) groups is 3. The number of hydrogen-bond acceptors (Lipinski definition) is 3. The highest BCUT2D eigenvalue weighted by Crippen LogP contribution is 2.26. The van der Waals surface area contributed by atoms with Crippen molar-refractivity contribution in [3.8, 4) is 0 Å². The first-order valence-electron chi connectivity index (χ1n) is 9.32. The Hall–Kier alpha value is -2.17. The van der Waals surface area contributed by atoms with Gasteiger partial charge in [-0.1, -0.05) is 33.1 Å². The molecule has 0 spiro atoms. The van der Waals surface area contributed by atoms with Crippen LogP contribution in [0.25, 0.3) is 0 Å². The smallest absolute Gasteiger partial charge is 0.261 e. The van der Waals surface area contributed by atoms with Crippen molar-refractivity contribution in [3.05, 3.63) is 34.9 Å². The number of benzene rings is 1. The van der Waals surface area contributed by atoms with Crippen molar-refractivity contribution in [1.29, 1.82) is 0 Å². The van der Waals surface area contributed by atoms with Gasteiger partial charge in [-0.2, -0.15) is 0 Å². The first-order valence-corrected chi connectivity index (χ1v) is 9.32. The fraction of sp³-hybridized carbons (Fsp3) is 0.550. The summed E-state index contributed by atoms with van der Waals surface area (Å²) in [6.07, 6.45) is 6.06. The predicted molar refractivity (Wildman–Crippen MR) is 95.6 cm³/mol. The van der Waals surface area contributed by atoms with Crippen molar-refractivity contribution in [2.45, 2.75) is 58.4 Å². The number of nitrogens with zero attached hydrogens (tertiary/aromatic N) is 1. The molecule has 1 fully saturated rings. The van der Waals surface area contributed by atoms with Crippen molar-refractivity contribution >= 4 is 17.7 Å². The molecule has 1 N–H and O–H groups in total. The summed E-state index contributed by atoms with van der Waals surface area (Å²) in [5.74, 6) is -0.0598. The number of fused-ring (bicyclic) bond motifs is 1. The molecule has 5 nitrogen and oxygen atoms in total. The molecule has 0 aromatic heterocycles. The molecule has 1 aromatic rings. The maximum Gasteiger partial charge on any atom is 0.261 e. The van der Waals surface area contributed by atoms with Gasteiger partial charge < -0.3 is 5.32 Å². The van der Waals surface area contributed by atoms with Gasteiger partial charge in [0.1, 0.15) is 0 Å². The van der Waals surface area contributed by atoms with Crippen LogP contribution < -0.4 is 5.32 Å². The topological polar surface area (TPSA) is 66.5 Å². The molecule has 1 aliphatic carbocycles. The Balaban J connectivity index is 1.74. The molecule has 1 aliphatic heterocycles. The van der Waals surface area contributed by atoms with E-state index in [2.05, 4.69) is 12.2 Å². The maximum atomic E-state index is 12.5. The molecule has 5 heteroatoms. The minimum absolute atomic E-state index is 0.158. The van der Waals surface area contributed by atoms with Gasteiger partial charge >= 0.3 is 0 Å². The highest BCUT2D eigenvalue weighted by molar-refractivity contribution is 6.22. The summed E-state index contributed by atoms with van der Waals surface area (Å²) < 4.78 is 0. The van der Waals surface area contributed by atoms with Crippen LogP contribution in [0, 0.1) is 5.92 Å². The molecule has 25 heavy (non-hydrogen) atoms. The Bertz CT molecular complexity index is 698. The number of nitrogens with one attached hydrogen (secondary N) is 1. The molecule has 3 amide bonds. The van der Waals surface area contributed by atoms with E-state index in [1.165, 1.54) is 11.3 Å². The van der Waals surface area contributed by atoms with Gasteiger partial charge in [-0.15, -0.1) is 0 Å². The predicted octanol–water partition coefficient (Wildman–Crippen LogP) is 3.39. The Morgan fingerprint density at radius 1 is 1.20 bits per heavy atom. The third-order valence-electron chi connectivity index (χ3n) is 5.24. The molecule has 2 atom stereocenters. The van der Waals surface area contributed by atoms with Crippen LogP contribution in [-0.2, 0) is 0 Å². The number of carbonyl (C=O) groups excluding carboxylic acids is 3. The Kier molecular flexibility index (Phi) is 5.21. The zero-order valence-corrected chi connectivity index (χ0v) is 15.0. The largest absolute Gasteiger partial charge is 0.349 e. The molecule has 2 unspecified atom stereocenters. The van der Waals surface area contributed by atoms with Crippen LogP contribution in [0.5, 0.6) is 0 Å². The van der Waals surface area contributed by atoms with E-state index in [1.807, 2.05) is 6.92 Å². The zero-order valence-electron chi connectivity index (χ0n) is 15.0. The standard InChI is InChI=1S/C20H26N2O3/c1-3-4-10-22-19(24)16-9-8-14(12-17(16)20(22)25)18(23)21-15-7-5-6-13(2)11-15/h8-9,12-13,15H,3-7,10-11H2,1-2H3,(H,21,23). The third kappa shape index (κ3) is 3.60. The van der Waals surface area contributed by atoms with Crippen molar-refractivity contribution in [2.24, 2.45) is 5.92 Å². The maximum absolute atomic E-state index is 12.5. The Morgan fingerprint density at radius 2 is 1.96 bits per heavy atom. The summed E-state index contributed by atoms with van der Waals surface area (Å²) in [6, 6.07) is 5.03. The van der Waals surface area contributed by atoms with Gasteiger partial charge in [-0.05, 0) is 43.4 Å². The fourth-order valence-electron chi connectivity index (χ4n) is 3.79. The molecule has 0 radical (unpaired) electrons. The molecule has 1 heterocycles. The van der Waals surface area contributed by atoms with Crippen molar-refractivity contribution in [2.75, 3.05) is 6.54 Å². The Morgan fingerprint density at radius 3 is 2.68 bits per heavy atom. The van der Waals surface area contributed by atoms with Crippen LogP contribution in [0.2, 0.25) is 0 Å². The first kappa shape index (κ1) is 17.6. The summed E-state index contributed by atoms with van der Waals surface area (Å²) in [7, 11) is 0. The molecule has 134 valence electrons. The number of unbranched alkanes of at least 4 members (excludes halogenated alkanes) is 1. The second kappa shape index (κ2) is 7.38. The molecule has 1 aromatic carbocycles. The number of amides is 3. The molecule has 0 bridgehead atoms. The quantitative estimate of drug-likeness (QED) is 0.834. The molecular formula is C20H26N2O3. The average Bonchev–Trinajstić information content (AvgIpc) is 2.83. The molecular weight excluding hydrogens is 316 g/mol. The van der Waals surface area contributed by atoms with E-state index in [0.29, 0.717) is 29.2 Å². The Labute approximate surface area is 148 Å². The van der Waals surface area contributed by atoms with E-state index in [0.717, 1.165) is 32.1 Å². The number of rotatable bonds is 5. The van der Waals surface area contributed by atoms with Crippen molar-refractivity contribution in [3.63, 3.8) is 0 Å². The van der Waals surface area contributed by atoms with E-state index in [9.17, 15) is 14.4 Å². The monoisotopic (exact) mass is 342 g/mol. The van der Waals surface area contributed by atoms with Crippen molar-refractivity contribution < 1.29 is 14.4 Å². The third-order valence-corrected chi connectivity index (χ3v) is 5.24. The molecule has 2 aliphatic rings. The second-order valence-electron chi connectivity index (χ2n) is 7.32. The highest BCUT2D eigenvalue weighted by Gasteiger charge is 2.35. The lowest BCUT2D eigenvalue weighted by Gasteiger charge is -2.27. The minimum Gasteiger partial charge on any atom is -0.349 e. The van der Waals surface area contributed by atoms with Crippen LogP contribution in [0.3, 0.4) is 0 Å².